The van der Waals surface area contributed by atoms with Crippen LogP contribution in [-0.2, 0) is 0 Å². The molecule has 0 amide bonds. The van der Waals surface area contributed by atoms with Gasteiger partial charge in [0.05, 0.1) is 41.6 Å². The van der Waals surface area contributed by atoms with E-state index in [2.05, 4.69) is 4.98 Å². The molecular weight excluding hydrogens is 448 g/mol. The summed E-state index contributed by atoms with van der Waals surface area (Å²) in [6, 6.07) is 19.3. The zero-order valence-corrected chi connectivity index (χ0v) is 18.9. The van der Waals surface area contributed by atoms with Crippen LogP contribution in [0.5, 0.6) is 11.5 Å². The number of hydrogen-bond donors (Lipinski definition) is 0. The standard InChI is InChI=1S/C24H19ClN2O4S/c1-30-21-13-19(22(31-2)12-17(21)25)27-23(29)16-10-6-7-11-18(16)26-24(27)32-14-20(28)15-8-4-3-5-9-15/h3-13H,14H2,1-2H3. The number of hydrogen-bond acceptors (Lipinski definition) is 6. The fourth-order valence-electron chi connectivity index (χ4n) is 3.28. The summed E-state index contributed by atoms with van der Waals surface area (Å²) in [5.74, 6) is 0.817. The molecular formula is C24H19ClN2O4S. The second kappa shape index (κ2) is 9.46. The van der Waals surface area contributed by atoms with E-state index in [0.29, 0.717) is 43.8 Å². The van der Waals surface area contributed by atoms with Crippen molar-refractivity contribution in [2.75, 3.05) is 20.0 Å². The van der Waals surface area contributed by atoms with Crippen LogP contribution in [0.15, 0.2) is 76.7 Å². The van der Waals surface area contributed by atoms with Crippen LogP contribution in [0.25, 0.3) is 16.6 Å². The van der Waals surface area contributed by atoms with Crippen LogP contribution in [0, 0.1) is 0 Å². The largest absolute Gasteiger partial charge is 0.495 e. The Balaban J connectivity index is 1.87. The Hall–Kier alpha value is -3.29. The molecule has 0 aliphatic carbocycles. The van der Waals surface area contributed by atoms with Crippen molar-refractivity contribution in [3.63, 3.8) is 0 Å². The highest BCUT2D eigenvalue weighted by atomic mass is 35.5. The molecule has 0 bridgehead atoms. The van der Waals surface area contributed by atoms with Crippen LogP contribution >= 0.6 is 23.4 Å². The summed E-state index contributed by atoms with van der Waals surface area (Å²) >= 11 is 7.44. The molecule has 1 aromatic heterocycles. The van der Waals surface area contributed by atoms with Gasteiger partial charge in [0, 0.05) is 17.7 Å². The predicted molar refractivity (Wildman–Crippen MR) is 127 cm³/mol. The second-order valence-corrected chi connectivity index (χ2v) is 8.14. The highest BCUT2D eigenvalue weighted by Gasteiger charge is 2.20. The Morgan fingerprint density at radius 3 is 2.41 bits per heavy atom. The summed E-state index contributed by atoms with van der Waals surface area (Å²) < 4.78 is 12.3. The van der Waals surface area contributed by atoms with E-state index in [0.717, 1.165) is 0 Å². The van der Waals surface area contributed by atoms with Crippen LogP contribution in [0.1, 0.15) is 10.4 Å². The van der Waals surface area contributed by atoms with Crippen LogP contribution in [0.3, 0.4) is 0 Å². The quantitative estimate of drug-likeness (QED) is 0.216. The monoisotopic (exact) mass is 466 g/mol. The van der Waals surface area contributed by atoms with Crippen molar-refractivity contribution in [1.82, 2.24) is 9.55 Å². The Bertz CT molecular complexity index is 1360. The number of para-hydroxylation sites is 1. The number of carbonyl (C=O) groups excluding carboxylic acids is 1. The maximum atomic E-state index is 13.5. The van der Waals surface area contributed by atoms with E-state index < -0.39 is 0 Å². The number of ether oxygens (including phenoxy) is 2. The van der Waals surface area contributed by atoms with Gasteiger partial charge in [0.25, 0.3) is 5.56 Å². The number of nitrogens with zero attached hydrogens (tertiary/aromatic N) is 2. The van der Waals surface area contributed by atoms with E-state index in [1.165, 1.54) is 30.5 Å². The number of ketones is 1. The lowest BCUT2D eigenvalue weighted by atomic mass is 10.2. The zero-order chi connectivity index (χ0) is 22.7. The van der Waals surface area contributed by atoms with Gasteiger partial charge in [-0.3, -0.25) is 14.2 Å². The van der Waals surface area contributed by atoms with Crippen molar-refractivity contribution in [3.8, 4) is 17.2 Å². The smallest absolute Gasteiger partial charge is 0.266 e. The second-order valence-electron chi connectivity index (χ2n) is 6.79. The zero-order valence-electron chi connectivity index (χ0n) is 17.4. The normalized spacial score (nSPS) is 10.8. The van der Waals surface area contributed by atoms with Gasteiger partial charge in [0.2, 0.25) is 0 Å². The van der Waals surface area contributed by atoms with Crippen molar-refractivity contribution < 1.29 is 14.3 Å². The molecule has 4 rings (SSSR count). The van der Waals surface area contributed by atoms with E-state index >= 15 is 0 Å². The van der Waals surface area contributed by atoms with Crippen molar-refractivity contribution >= 4 is 40.0 Å². The van der Waals surface area contributed by atoms with Crippen molar-refractivity contribution in [1.29, 1.82) is 0 Å². The Morgan fingerprint density at radius 1 is 1.00 bits per heavy atom. The van der Waals surface area contributed by atoms with Gasteiger partial charge in [0.15, 0.2) is 10.9 Å². The van der Waals surface area contributed by atoms with Gasteiger partial charge in [0.1, 0.15) is 11.5 Å². The lowest BCUT2D eigenvalue weighted by Gasteiger charge is -2.17. The molecule has 0 aliphatic heterocycles. The van der Waals surface area contributed by atoms with Gasteiger partial charge in [-0.2, -0.15) is 0 Å². The topological polar surface area (TPSA) is 70.4 Å². The summed E-state index contributed by atoms with van der Waals surface area (Å²) in [5.41, 5.74) is 1.28. The summed E-state index contributed by atoms with van der Waals surface area (Å²) in [4.78, 5) is 30.9. The molecule has 1 heterocycles. The molecule has 0 N–H and O–H groups in total. The summed E-state index contributed by atoms with van der Waals surface area (Å²) in [6.07, 6.45) is 0. The van der Waals surface area contributed by atoms with Gasteiger partial charge in [-0.25, -0.2) is 4.98 Å². The molecule has 0 aliphatic rings. The number of carbonyl (C=O) groups is 1. The number of benzene rings is 3. The molecule has 0 fully saturated rings. The fourth-order valence-corrected chi connectivity index (χ4v) is 4.41. The number of rotatable bonds is 7. The summed E-state index contributed by atoms with van der Waals surface area (Å²) in [6.45, 7) is 0. The molecule has 8 heteroatoms. The van der Waals surface area contributed by atoms with Crippen LogP contribution in [0.4, 0.5) is 0 Å². The summed E-state index contributed by atoms with van der Waals surface area (Å²) in [5, 5.41) is 1.16. The minimum absolute atomic E-state index is 0.0646. The van der Waals surface area contributed by atoms with Crippen LogP contribution in [0.2, 0.25) is 5.02 Å². The SMILES string of the molecule is COc1cc(-n2c(SCC(=O)c3ccccc3)nc3ccccc3c2=O)c(OC)cc1Cl. The average Bonchev–Trinajstić information content (AvgIpc) is 2.83. The molecule has 4 aromatic rings. The third kappa shape index (κ3) is 4.22. The van der Waals surface area contributed by atoms with E-state index in [1.807, 2.05) is 24.3 Å². The number of Topliss-reactive ketones (excluding diaryl/α,β-unsaturated/α-hetero) is 1. The fraction of sp³-hybridized carbons (Fsp3) is 0.125. The van der Waals surface area contributed by atoms with Gasteiger partial charge in [-0.15, -0.1) is 0 Å². The minimum Gasteiger partial charge on any atom is -0.495 e. The lowest BCUT2D eigenvalue weighted by molar-refractivity contribution is 0.102. The Morgan fingerprint density at radius 2 is 1.69 bits per heavy atom. The molecule has 6 nitrogen and oxygen atoms in total. The van der Waals surface area contributed by atoms with Crippen LogP contribution in [-0.4, -0.2) is 35.3 Å². The molecule has 0 spiro atoms. The Kier molecular flexibility index (Phi) is 6.48. The van der Waals surface area contributed by atoms with Crippen LogP contribution < -0.4 is 15.0 Å². The van der Waals surface area contributed by atoms with Crippen molar-refractivity contribution in [3.05, 3.63) is 87.7 Å². The van der Waals surface area contributed by atoms with E-state index in [1.54, 1.807) is 42.5 Å². The Labute approximate surface area is 193 Å². The number of thioether (sulfide) groups is 1. The number of methoxy groups -OCH3 is 2. The maximum absolute atomic E-state index is 13.5. The molecule has 0 atom stereocenters. The molecule has 3 aromatic carbocycles. The minimum atomic E-state index is -0.284. The number of fused-ring (bicyclic) bond motifs is 1. The molecule has 0 saturated heterocycles. The number of aromatic nitrogens is 2. The number of halogens is 1. The molecule has 0 radical (unpaired) electrons. The molecule has 0 unspecified atom stereocenters. The molecule has 0 saturated carbocycles. The third-order valence-electron chi connectivity index (χ3n) is 4.87. The lowest BCUT2D eigenvalue weighted by Crippen LogP contribution is -2.23. The highest BCUT2D eigenvalue weighted by molar-refractivity contribution is 7.99. The van der Waals surface area contributed by atoms with Crippen molar-refractivity contribution in [2.24, 2.45) is 0 Å². The predicted octanol–water partition coefficient (Wildman–Crippen LogP) is 5.03. The van der Waals surface area contributed by atoms with E-state index in [4.69, 9.17) is 21.1 Å². The van der Waals surface area contributed by atoms with Crippen molar-refractivity contribution in [2.45, 2.75) is 5.16 Å². The summed E-state index contributed by atoms with van der Waals surface area (Å²) in [7, 11) is 2.99. The first-order valence-corrected chi connectivity index (χ1v) is 11.0. The van der Waals surface area contributed by atoms with Gasteiger partial charge < -0.3 is 9.47 Å². The highest BCUT2D eigenvalue weighted by Crippen LogP contribution is 2.36. The average molecular weight is 467 g/mol. The third-order valence-corrected chi connectivity index (χ3v) is 6.10. The first-order valence-electron chi connectivity index (χ1n) is 9.68. The first kappa shape index (κ1) is 21.9. The van der Waals surface area contributed by atoms with Gasteiger partial charge in [-0.05, 0) is 12.1 Å². The first-order chi connectivity index (χ1) is 15.5. The van der Waals surface area contributed by atoms with E-state index in [-0.39, 0.29) is 17.1 Å². The maximum Gasteiger partial charge on any atom is 0.266 e. The molecule has 162 valence electrons. The van der Waals surface area contributed by atoms with E-state index in [9.17, 15) is 9.59 Å². The molecule has 32 heavy (non-hydrogen) atoms. The van der Waals surface area contributed by atoms with Gasteiger partial charge in [-0.1, -0.05) is 65.8 Å². The van der Waals surface area contributed by atoms with Gasteiger partial charge >= 0.3 is 0 Å².